The van der Waals surface area contributed by atoms with Crippen LogP contribution in [0.25, 0.3) is 0 Å². The maximum absolute atomic E-state index is 13.0. The van der Waals surface area contributed by atoms with Crippen molar-refractivity contribution in [3.63, 3.8) is 0 Å². The second-order valence-corrected chi connectivity index (χ2v) is 5.53. The van der Waals surface area contributed by atoms with Gasteiger partial charge in [-0.05, 0) is 17.7 Å². The highest BCUT2D eigenvalue weighted by Gasteiger charge is 2.24. The fraction of sp³-hybridized carbons (Fsp3) is 0.294. The Hall–Kier alpha value is -2.31. The molecule has 6 heteroatoms. The molecule has 23 heavy (non-hydrogen) atoms. The molecule has 1 saturated heterocycles. The SMILES string of the molecule is O=[N+]([O-])c1ccccc1CN1CCOC(c2ccc(F)cc2)C1. The summed E-state index contributed by atoms with van der Waals surface area (Å²) in [7, 11) is 0. The van der Waals surface area contributed by atoms with Gasteiger partial charge in [-0.2, -0.15) is 0 Å². The second kappa shape index (κ2) is 6.85. The van der Waals surface area contributed by atoms with Gasteiger partial charge in [-0.25, -0.2) is 4.39 Å². The molecular weight excluding hydrogens is 299 g/mol. The molecule has 3 rings (SSSR count). The highest BCUT2D eigenvalue weighted by Crippen LogP contribution is 2.25. The third-order valence-electron chi connectivity index (χ3n) is 3.97. The van der Waals surface area contributed by atoms with Crippen LogP contribution < -0.4 is 0 Å². The van der Waals surface area contributed by atoms with E-state index in [0.29, 0.717) is 31.8 Å². The van der Waals surface area contributed by atoms with Crippen LogP contribution in [0, 0.1) is 15.9 Å². The van der Waals surface area contributed by atoms with E-state index in [1.165, 1.54) is 18.2 Å². The number of morpholine rings is 1. The summed E-state index contributed by atoms with van der Waals surface area (Å²) >= 11 is 0. The Kier molecular flexibility index (Phi) is 4.64. The summed E-state index contributed by atoms with van der Waals surface area (Å²) in [4.78, 5) is 12.9. The molecule has 2 aromatic rings. The summed E-state index contributed by atoms with van der Waals surface area (Å²) in [6, 6.07) is 13.0. The molecule has 0 aromatic heterocycles. The molecule has 1 aliphatic heterocycles. The molecule has 0 saturated carbocycles. The van der Waals surface area contributed by atoms with Crippen LogP contribution in [-0.2, 0) is 11.3 Å². The fourth-order valence-corrected chi connectivity index (χ4v) is 2.79. The van der Waals surface area contributed by atoms with Crippen LogP contribution in [0.3, 0.4) is 0 Å². The van der Waals surface area contributed by atoms with E-state index < -0.39 is 0 Å². The normalized spacial score (nSPS) is 18.7. The van der Waals surface area contributed by atoms with Gasteiger partial charge in [0.05, 0.1) is 17.6 Å². The molecule has 0 bridgehead atoms. The molecule has 0 radical (unpaired) electrons. The maximum atomic E-state index is 13.0. The van der Waals surface area contributed by atoms with Crippen molar-refractivity contribution in [3.05, 3.63) is 75.6 Å². The zero-order chi connectivity index (χ0) is 16.2. The molecule has 0 N–H and O–H groups in total. The number of hydrogen-bond acceptors (Lipinski definition) is 4. The van der Waals surface area contributed by atoms with Crippen LogP contribution >= 0.6 is 0 Å². The van der Waals surface area contributed by atoms with Gasteiger partial charge in [-0.1, -0.05) is 30.3 Å². The number of nitro benzene ring substituents is 1. The molecule has 1 unspecified atom stereocenters. The number of halogens is 1. The lowest BCUT2D eigenvalue weighted by atomic mass is 10.1. The summed E-state index contributed by atoms with van der Waals surface area (Å²) in [5.41, 5.74) is 1.74. The first kappa shape index (κ1) is 15.6. The lowest BCUT2D eigenvalue weighted by molar-refractivity contribution is -0.385. The molecule has 1 aliphatic rings. The third-order valence-corrected chi connectivity index (χ3v) is 3.97. The van der Waals surface area contributed by atoms with Gasteiger partial charge in [0.25, 0.3) is 5.69 Å². The van der Waals surface area contributed by atoms with Crippen LogP contribution in [0.15, 0.2) is 48.5 Å². The Morgan fingerprint density at radius 1 is 1.22 bits per heavy atom. The van der Waals surface area contributed by atoms with Crippen molar-refractivity contribution in [2.45, 2.75) is 12.6 Å². The second-order valence-electron chi connectivity index (χ2n) is 5.53. The van der Waals surface area contributed by atoms with E-state index in [-0.39, 0.29) is 22.5 Å². The van der Waals surface area contributed by atoms with Crippen molar-refractivity contribution in [1.82, 2.24) is 4.90 Å². The van der Waals surface area contributed by atoms with Crippen LogP contribution in [0.4, 0.5) is 10.1 Å². The Bertz CT molecular complexity index is 690. The molecule has 2 aromatic carbocycles. The lowest BCUT2D eigenvalue weighted by Gasteiger charge is -2.33. The van der Waals surface area contributed by atoms with Gasteiger partial charge in [-0.3, -0.25) is 15.0 Å². The monoisotopic (exact) mass is 316 g/mol. The minimum atomic E-state index is -0.354. The number of hydrogen-bond donors (Lipinski definition) is 0. The predicted molar refractivity (Wildman–Crippen MR) is 83.5 cm³/mol. The summed E-state index contributed by atoms with van der Waals surface area (Å²) in [6.07, 6.45) is -0.146. The number of nitro groups is 1. The van der Waals surface area contributed by atoms with E-state index in [2.05, 4.69) is 4.90 Å². The van der Waals surface area contributed by atoms with E-state index in [1.807, 2.05) is 0 Å². The van der Waals surface area contributed by atoms with Crippen molar-refractivity contribution >= 4 is 5.69 Å². The van der Waals surface area contributed by atoms with Gasteiger partial charge < -0.3 is 4.74 Å². The van der Waals surface area contributed by atoms with Crippen LogP contribution in [-0.4, -0.2) is 29.5 Å². The summed E-state index contributed by atoms with van der Waals surface area (Å²) in [5.74, 6) is -0.277. The highest BCUT2D eigenvalue weighted by molar-refractivity contribution is 5.39. The van der Waals surface area contributed by atoms with Crippen LogP contribution in [0.5, 0.6) is 0 Å². The molecule has 0 amide bonds. The van der Waals surface area contributed by atoms with Crippen molar-refractivity contribution in [2.75, 3.05) is 19.7 Å². The fourth-order valence-electron chi connectivity index (χ4n) is 2.79. The summed E-state index contributed by atoms with van der Waals surface area (Å²) < 4.78 is 18.8. The molecule has 0 spiro atoms. The molecule has 1 fully saturated rings. The Balaban J connectivity index is 1.72. The lowest BCUT2D eigenvalue weighted by Crippen LogP contribution is -2.37. The van der Waals surface area contributed by atoms with Gasteiger partial charge in [0, 0.05) is 31.3 Å². The van der Waals surface area contributed by atoms with Crippen molar-refractivity contribution in [2.24, 2.45) is 0 Å². The maximum Gasteiger partial charge on any atom is 0.273 e. The average molecular weight is 316 g/mol. The van der Waals surface area contributed by atoms with Crippen molar-refractivity contribution < 1.29 is 14.1 Å². The molecular formula is C17H17FN2O3. The van der Waals surface area contributed by atoms with E-state index in [9.17, 15) is 14.5 Å². The first-order chi connectivity index (χ1) is 11.1. The van der Waals surface area contributed by atoms with E-state index >= 15 is 0 Å². The van der Waals surface area contributed by atoms with Gasteiger partial charge in [0.15, 0.2) is 0 Å². The first-order valence-electron chi connectivity index (χ1n) is 7.45. The minimum Gasteiger partial charge on any atom is -0.371 e. The number of rotatable bonds is 4. The Morgan fingerprint density at radius 2 is 1.96 bits per heavy atom. The van der Waals surface area contributed by atoms with Gasteiger partial charge in [0.1, 0.15) is 5.82 Å². The Labute approximate surface area is 133 Å². The van der Waals surface area contributed by atoms with Crippen molar-refractivity contribution in [3.8, 4) is 0 Å². The minimum absolute atomic E-state index is 0.136. The molecule has 1 heterocycles. The molecule has 0 aliphatic carbocycles. The van der Waals surface area contributed by atoms with Gasteiger partial charge >= 0.3 is 0 Å². The largest absolute Gasteiger partial charge is 0.371 e. The molecule has 1 atom stereocenters. The number of benzene rings is 2. The van der Waals surface area contributed by atoms with E-state index in [1.54, 1.807) is 30.3 Å². The number of para-hydroxylation sites is 1. The van der Waals surface area contributed by atoms with Crippen LogP contribution in [0.1, 0.15) is 17.2 Å². The van der Waals surface area contributed by atoms with Crippen LogP contribution in [0.2, 0.25) is 0 Å². The summed E-state index contributed by atoms with van der Waals surface area (Å²) in [5, 5.41) is 11.1. The first-order valence-corrected chi connectivity index (χ1v) is 7.45. The zero-order valence-corrected chi connectivity index (χ0v) is 12.5. The van der Waals surface area contributed by atoms with Crippen molar-refractivity contribution in [1.29, 1.82) is 0 Å². The third kappa shape index (κ3) is 3.72. The van der Waals surface area contributed by atoms with E-state index in [4.69, 9.17) is 4.74 Å². The Morgan fingerprint density at radius 3 is 2.70 bits per heavy atom. The predicted octanol–water partition coefficient (Wildman–Crippen LogP) is 3.31. The number of nitrogens with zero attached hydrogens (tertiary/aromatic N) is 2. The molecule has 5 nitrogen and oxygen atoms in total. The quantitative estimate of drug-likeness (QED) is 0.641. The van der Waals surface area contributed by atoms with E-state index in [0.717, 1.165) is 5.56 Å². The van der Waals surface area contributed by atoms with Gasteiger partial charge in [0.2, 0.25) is 0 Å². The zero-order valence-electron chi connectivity index (χ0n) is 12.5. The topological polar surface area (TPSA) is 55.6 Å². The number of ether oxygens (including phenoxy) is 1. The highest BCUT2D eigenvalue weighted by atomic mass is 19.1. The average Bonchev–Trinajstić information content (AvgIpc) is 2.56. The van der Waals surface area contributed by atoms with Gasteiger partial charge in [-0.15, -0.1) is 0 Å². The standard InChI is InChI=1S/C17H17FN2O3/c18-15-7-5-13(6-8-15)17-12-19(9-10-23-17)11-14-3-1-2-4-16(14)20(21)22/h1-8,17H,9-12H2. The summed E-state index contributed by atoms with van der Waals surface area (Å²) in [6.45, 7) is 2.38. The smallest absolute Gasteiger partial charge is 0.273 e. The molecule has 120 valence electrons.